The highest BCUT2D eigenvalue weighted by atomic mass is 35.5. The summed E-state index contributed by atoms with van der Waals surface area (Å²) in [5.41, 5.74) is 4.31. The number of pyridine rings is 2. The van der Waals surface area contributed by atoms with Gasteiger partial charge in [-0.15, -0.1) is 0 Å². The number of aromatic hydroxyl groups is 1. The fourth-order valence-corrected chi connectivity index (χ4v) is 4.78. The lowest BCUT2D eigenvalue weighted by atomic mass is 10.0. The molecule has 0 saturated carbocycles. The molecule has 4 heterocycles. The molecule has 4 aromatic rings. The number of nitrogens with one attached hydrogen (secondary N) is 1. The van der Waals surface area contributed by atoms with Crippen LogP contribution in [0, 0.1) is 6.92 Å². The number of anilines is 1. The minimum Gasteiger partial charge on any atom is -0.507 e. The van der Waals surface area contributed by atoms with E-state index in [0.29, 0.717) is 34.0 Å². The molecule has 0 spiro atoms. The Balaban J connectivity index is 1.59. The third-order valence-corrected chi connectivity index (χ3v) is 6.23. The number of hydrogen-bond donors (Lipinski definition) is 2. The van der Waals surface area contributed by atoms with Gasteiger partial charge in [0.15, 0.2) is 5.65 Å². The molecule has 1 aromatic carbocycles. The van der Waals surface area contributed by atoms with E-state index < -0.39 is 0 Å². The molecule has 0 radical (unpaired) electrons. The van der Waals surface area contributed by atoms with Crippen molar-refractivity contribution in [1.29, 1.82) is 0 Å². The molecule has 2 atom stereocenters. The molecule has 8 heteroatoms. The van der Waals surface area contributed by atoms with E-state index in [-0.39, 0.29) is 5.75 Å². The Kier molecular flexibility index (Phi) is 4.75. The fraction of sp³-hybridized carbons (Fsp3) is 0.348. The highest BCUT2D eigenvalue weighted by Gasteiger charge is 2.22. The van der Waals surface area contributed by atoms with Gasteiger partial charge in [-0.25, -0.2) is 9.97 Å². The van der Waals surface area contributed by atoms with Crippen LogP contribution >= 0.6 is 11.6 Å². The van der Waals surface area contributed by atoms with Gasteiger partial charge in [-0.05, 0) is 39.0 Å². The number of rotatable bonds is 2. The molecule has 0 bridgehead atoms. The van der Waals surface area contributed by atoms with Gasteiger partial charge < -0.3 is 15.3 Å². The molecule has 5 rings (SSSR count). The molecular weight excluding hydrogens is 412 g/mol. The molecule has 3 aromatic heterocycles. The minimum atomic E-state index is 0.162. The fourth-order valence-electron chi connectivity index (χ4n) is 4.54. The van der Waals surface area contributed by atoms with Gasteiger partial charge in [-0.2, -0.15) is 5.10 Å². The first-order valence-electron chi connectivity index (χ1n) is 10.4. The Labute approximate surface area is 185 Å². The molecule has 1 fully saturated rings. The molecule has 0 amide bonds. The van der Waals surface area contributed by atoms with E-state index in [1.165, 1.54) is 0 Å². The Morgan fingerprint density at radius 3 is 2.65 bits per heavy atom. The topological polar surface area (TPSA) is 79.1 Å². The largest absolute Gasteiger partial charge is 0.507 e. The van der Waals surface area contributed by atoms with Crippen LogP contribution in [0.5, 0.6) is 5.75 Å². The highest BCUT2D eigenvalue weighted by Crippen LogP contribution is 2.38. The summed E-state index contributed by atoms with van der Waals surface area (Å²) in [6.07, 6.45) is 3.78. The molecule has 2 N–H and O–H groups in total. The number of phenols is 1. The molecule has 1 aliphatic heterocycles. The van der Waals surface area contributed by atoms with Gasteiger partial charge in [0.2, 0.25) is 0 Å². The van der Waals surface area contributed by atoms with Crippen LogP contribution in [0.15, 0.2) is 30.6 Å². The maximum atomic E-state index is 10.8. The number of halogens is 1. The van der Waals surface area contributed by atoms with Crippen molar-refractivity contribution in [2.45, 2.75) is 32.9 Å². The standard InChI is InChI=1S/C23H25ClN6O/c1-12-9-30(10-13(2)26-12)16-6-17-19(24)7-20(27-23(17)25-8-16)18-5-15-11-29(4)28-21(15)14(3)22(18)31/h5-8,11-13,26,31H,9-10H2,1-4H3/t12-,13-/m1/s1. The summed E-state index contributed by atoms with van der Waals surface area (Å²) in [4.78, 5) is 11.7. The second-order valence-electron chi connectivity index (χ2n) is 8.57. The number of phenolic OH excluding ortho intramolecular Hbond substituents is 1. The summed E-state index contributed by atoms with van der Waals surface area (Å²) in [7, 11) is 1.86. The molecule has 1 saturated heterocycles. The Morgan fingerprint density at radius 1 is 1.16 bits per heavy atom. The van der Waals surface area contributed by atoms with Crippen molar-refractivity contribution < 1.29 is 5.11 Å². The quantitative estimate of drug-likeness (QED) is 0.493. The van der Waals surface area contributed by atoms with E-state index >= 15 is 0 Å². The van der Waals surface area contributed by atoms with Crippen molar-refractivity contribution >= 4 is 39.2 Å². The van der Waals surface area contributed by atoms with E-state index in [1.54, 1.807) is 10.7 Å². The van der Waals surface area contributed by atoms with Gasteiger partial charge in [-0.3, -0.25) is 4.68 Å². The van der Waals surface area contributed by atoms with Crippen LogP contribution < -0.4 is 10.2 Å². The number of nitrogens with zero attached hydrogens (tertiary/aromatic N) is 5. The van der Waals surface area contributed by atoms with E-state index in [0.717, 1.165) is 40.6 Å². The lowest BCUT2D eigenvalue weighted by Gasteiger charge is -2.37. The smallest absolute Gasteiger partial charge is 0.161 e. The van der Waals surface area contributed by atoms with E-state index in [2.05, 4.69) is 40.2 Å². The van der Waals surface area contributed by atoms with Crippen LogP contribution in [-0.2, 0) is 7.05 Å². The Bertz CT molecular complexity index is 1310. The van der Waals surface area contributed by atoms with E-state index in [1.807, 2.05) is 32.4 Å². The van der Waals surface area contributed by atoms with Crippen LogP contribution in [0.4, 0.5) is 5.69 Å². The van der Waals surface area contributed by atoms with Crippen molar-refractivity contribution in [3.05, 3.63) is 41.2 Å². The number of aromatic nitrogens is 4. The summed E-state index contributed by atoms with van der Waals surface area (Å²) in [6, 6.07) is 6.57. The van der Waals surface area contributed by atoms with Gasteiger partial charge in [0, 0.05) is 60.3 Å². The van der Waals surface area contributed by atoms with Crippen LogP contribution in [-0.4, -0.2) is 50.0 Å². The minimum absolute atomic E-state index is 0.162. The van der Waals surface area contributed by atoms with Gasteiger partial charge >= 0.3 is 0 Å². The number of hydrogen-bond acceptors (Lipinski definition) is 6. The Morgan fingerprint density at radius 2 is 1.90 bits per heavy atom. The zero-order chi connectivity index (χ0) is 21.9. The van der Waals surface area contributed by atoms with Gasteiger partial charge in [-0.1, -0.05) is 11.6 Å². The van der Waals surface area contributed by atoms with Crippen molar-refractivity contribution in [2.75, 3.05) is 18.0 Å². The third kappa shape index (κ3) is 3.47. The van der Waals surface area contributed by atoms with Crippen LogP contribution in [0.1, 0.15) is 19.4 Å². The van der Waals surface area contributed by atoms with E-state index in [9.17, 15) is 5.11 Å². The monoisotopic (exact) mass is 436 g/mol. The zero-order valence-corrected chi connectivity index (χ0v) is 18.8. The third-order valence-electron chi connectivity index (χ3n) is 5.92. The zero-order valence-electron chi connectivity index (χ0n) is 18.0. The van der Waals surface area contributed by atoms with Crippen molar-refractivity contribution in [2.24, 2.45) is 7.05 Å². The predicted octanol–water partition coefficient (Wildman–Crippen LogP) is 4.04. The van der Waals surface area contributed by atoms with Crippen LogP contribution in [0.2, 0.25) is 5.02 Å². The average molecular weight is 437 g/mol. The summed E-state index contributed by atoms with van der Waals surface area (Å²) < 4.78 is 1.74. The second-order valence-corrected chi connectivity index (χ2v) is 8.97. The maximum absolute atomic E-state index is 10.8. The normalized spacial score (nSPS) is 19.5. The molecular formula is C23H25ClN6O. The lowest BCUT2D eigenvalue weighted by Crippen LogP contribution is -2.54. The van der Waals surface area contributed by atoms with E-state index in [4.69, 9.17) is 16.6 Å². The summed E-state index contributed by atoms with van der Waals surface area (Å²) in [5.74, 6) is 0.162. The van der Waals surface area contributed by atoms with Gasteiger partial charge in [0.05, 0.1) is 28.1 Å². The Hall–Kier alpha value is -2.90. The van der Waals surface area contributed by atoms with Gasteiger partial charge in [0.25, 0.3) is 0 Å². The molecule has 1 aliphatic rings. The van der Waals surface area contributed by atoms with Crippen molar-refractivity contribution in [3.63, 3.8) is 0 Å². The first kappa shape index (κ1) is 20.0. The first-order chi connectivity index (χ1) is 14.8. The molecule has 0 aliphatic carbocycles. The number of benzene rings is 1. The molecule has 7 nitrogen and oxygen atoms in total. The average Bonchev–Trinajstić information content (AvgIpc) is 3.10. The molecule has 160 valence electrons. The molecule has 31 heavy (non-hydrogen) atoms. The van der Waals surface area contributed by atoms with Crippen LogP contribution in [0.3, 0.4) is 0 Å². The molecule has 0 unspecified atom stereocenters. The second kappa shape index (κ2) is 7.35. The van der Waals surface area contributed by atoms with Crippen molar-refractivity contribution in [3.8, 4) is 17.0 Å². The summed E-state index contributed by atoms with van der Waals surface area (Å²) >= 11 is 6.69. The number of aryl methyl sites for hydroxylation is 2. The van der Waals surface area contributed by atoms with Crippen LogP contribution in [0.25, 0.3) is 33.2 Å². The van der Waals surface area contributed by atoms with Crippen molar-refractivity contribution in [1.82, 2.24) is 25.1 Å². The number of fused-ring (bicyclic) bond motifs is 2. The first-order valence-corrected chi connectivity index (χ1v) is 10.8. The maximum Gasteiger partial charge on any atom is 0.161 e. The number of piperazine rings is 1. The predicted molar refractivity (Wildman–Crippen MR) is 125 cm³/mol. The van der Waals surface area contributed by atoms with Gasteiger partial charge in [0.1, 0.15) is 5.75 Å². The summed E-state index contributed by atoms with van der Waals surface area (Å²) in [6.45, 7) is 8.06. The SMILES string of the molecule is Cc1c(O)c(-c2cc(Cl)c3cc(N4C[C@@H](C)N[C@H](C)C4)cnc3n2)cc2cn(C)nc12. The lowest BCUT2D eigenvalue weighted by molar-refractivity contribution is 0.407. The highest BCUT2D eigenvalue weighted by molar-refractivity contribution is 6.35. The summed E-state index contributed by atoms with van der Waals surface area (Å²) in [5, 5.41) is 21.1.